The van der Waals surface area contributed by atoms with Gasteiger partial charge in [-0.3, -0.25) is 0 Å². The van der Waals surface area contributed by atoms with Gasteiger partial charge in [-0.2, -0.15) is 4.98 Å². The highest BCUT2D eigenvalue weighted by atomic mass is 35.5. The van der Waals surface area contributed by atoms with E-state index in [2.05, 4.69) is 15.3 Å². The minimum absolute atomic E-state index is 0.0574. The van der Waals surface area contributed by atoms with Gasteiger partial charge in [-0.1, -0.05) is 0 Å². The van der Waals surface area contributed by atoms with Crippen LogP contribution in [0.1, 0.15) is 19.5 Å². The highest BCUT2D eigenvalue weighted by Crippen LogP contribution is 2.31. The van der Waals surface area contributed by atoms with Gasteiger partial charge in [0.25, 0.3) is 0 Å². The molecule has 1 N–H and O–H groups in total. The first-order valence-electron chi connectivity index (χ1n) is 6.07. The summed E-state index contributed by atoms with van der Waals surface area (Å²) in [6.07, 6.45) is 0.383. The first kappa shape index (κ1) is 14.5. The van der Waals surface area contributed by atoms with Crippen LogP contribution in [0.3, 0.4) is 0 Å². The summed E-state index contributed by atoms with van der Waals surface area (Å²) in [5.41, 5.74) is 0.492. The van der Waals surface area contributed by atoms with E-state index in [1.54, 1.807) is 0 Å². The van der Waals surface area contributed by atoms with E-state index in [0.29, 0.717) is 25.3 Å². The van der Waals surface area contributed by atoms with Gasteiger partial charge < -0.3 is 10.1 Å². The van der Waals surface area contributed by atoms with E-state index >= 15 is 0 Å². The molecule has 1 aromatic heterocycles. The fourth-order valence-corrected chi connectivity index (χ4v) is 3.72. The van der Waals surface area contributed by atoms with Crippen molar-refractivity contribution < 1.29 is 13.2 Å². The molecule has 0 aromatic carbocycles. The number of aromatic nitrogens is 2. The van der Waals surface area contributed by atoms with Crippen LogP contribution >= 0.6 is 11.6 Å². The van der Waals surface area contributed by atoms with E-state index in [0.717, 1.165) is 0 Å². The van der Waals surface area contributed by atoms with Crippen molar-refractivity contribution in [1.82, 2.24) is 9.97 Å². The van der Waals surface area contributed by atoms with E-state index < -0.39 is 9.84 Å². The summed E-state index contributed by atoms with van der Waals surface area (Å²) < 4.78 is 29.3. The molecule has 0 bridgehead atoms. The Kier molecular flexibility index (Phi) is 4.27. The number of sulfone groups is 1. The Labute approximate surface area is 117 Å². The molecule has 1 aliphatic rings. The normalized spacial score (nSPS) is 18.1. The molecule has 2 rings (SSSR count). The standard InChI is InChI=1S/C11H16ClN3O3S/c1-3-18-6-7(2)13-10-9-8(14-11(12)15-10)4-5-19(9,16)17/h7H,3-6H2,1-2H3,(H,13,14,15). The second-order valence-electron chi connectivity index (χ2n) is 4.39. The summed E-state index contributed by atoms with van der Waals surface area (Å²) in [7, 11) is -3.31. The average molecular weight is 306 g/mol. The average Bonchev–Trinajstić information content (AvgIpc) is 2.62. The highest BCUT2D eigenvalue weighted by Gasteiger charge is 2.32. The van der Waals surface area contributed by atoms with Gasteiger partial charge in [-0.05, 0) is 25.4 Å². The molecule has 0 amide bonds. The minimum atomic E-state index is -3.31. The van der Waals surface area contributed by atoms with Gasteiger partial charge in [-0.25, -0.2) is 13.4 Å². The Balaban J connectivity index is 2.31. The fourth-order valence-electron chi connectivity index (χ4n) is 1.96. The molecule has 8 heteroatoms. The second kappa shape index (κ2) is 5.60. The lowest BCUT2D eigenvalue weighted by Crippen LogP contribution is -2.24. The quantitative estimate of drug-likeness (QED) is 0.826. The molecule has 6 nitrogen and oxygen atoms in total. The molecule has 0 fully saturated rings. The molecular formula is C11H16ClN3O3S. The molecule has 0 radical (unpaired) electrons. The monoisotopic (exact) mass is 305 g/mol. The Morgan fingerprint density at radius 3 is 2.89 bits per heavy atom. The third kappa shape index (κ3) is 3.16. The topological polar surface area (TPSA) is 81.2 Å². The van der Waals surface area contributed by atoms with Crippen LogP contribution in [0.4, 0.5) is 5.82 Å². The third-order valence-corrected chi connectivity index (χ3v) is 4.74. The molecule has 1 atom stereocenters. The highest BCUT2D eigenvalue weighted by molar-refractivity contribution is 7.91. The summed E-state index contributed by atoms with van der Waals surface area (Å²) in [5, 5.41) is 3.09. The predicted octanol–water partition coefficient (Wildman–Crippen LogP) is 1.30. The van der Waals surface area contributed by atoms with Gasteiger partial charge in [0.1, 0.15) is 10.7 Å². The maximum Gasteiger partial charge on any atom is 0.224 e. The van der Waals surface area contributed by atoms with Crippen molar-refractivity contribution in [2.75, 3.05) is 24.3 Å². The van der Waals surface area contributed by atoms with Crippen LogP contribution in [0.25, 0.3) is 0 Å². The number of ether oxygens (including phenoxy) is 1. The van der Waals surface area contributed by atoms with Crippen molar-refractivity contribution >= 4 is 27.3 Å². The molecule has 0 aliphatic carbocycles. The first-order valence-corrected chi connectivity index (χ1v) is 8.10. The van der Waals surface area contributed by atoms with Crippen LogP contribution in [0.5, 0.6) is 0 Å². The van der Waals surface area contributed by atoms with Crippen LogP contribution in [0.2, 0.25) is 5.28 Å². The van der Waals surface area contributed by atoms with Crippen LogP contribution in [-0.4, -0.2) is 43.4 Å². The predicted molar refractivity (Wildman–Crippen MR) is 72.4 cm³/mol. The first-order chi connectivity index (χ1) is 8.94. The van der Waals surface area contributed by atoms with Gasteiger partial charge in [0.2, 0.25) is 5.28 Å². The van der Waals surface area contributed by atoms with Crippen molar-refractivity contribution in [3.63, 3.8) is 0 Å². The molecule has 1 unspecified atom stereocenters. The van der Waals surface area contributed by atoms with E-state index in [1.807, 2.05) is 13.8 Å². The van der Waals surface area contributed by atoms with Crippen molar-refractivity contribution in [1.29, 1.82) is 0 Å². The fraction of sp³-hybridized carbons (Fsp3) is 0.636. The number of anilines is 1. The molecule has 2 heterocycles. The molecule has 19 heavy (non-hydrogen) atoms. The number of fused-ring (bicyclic) bond motifs is 1. The van der Waals surface area contributed by atoms with Gasteiger partial charge in [0, 0.05) is 19.1 Å². The van der Waals surface area contributed by atoms with Crippen molar-refractivity contribution in [2.45, 2.75) is 31.2 Å². The molecule has 106 valence electrons. The largest absolute Gasteiger partial charge is 0.380 e. The lowest BCUT2D eigenvalue weighted by atomic mass is 10.3. The van der Waals surface area contributed by atoms with E-state index in [-0.39, 0.29) is 27.8 Å². The van der Waals surface area contributed by atoms with Crippen molar-refractivity contribution in [2.24, 2.45) is 0 Å². The maximum atomic E-state index is 12.0. The molecule has 1 aliphatic heterocycles. The van der Waals surface area contributed by atoms with E-state index in [1.165, 1.54) is 0 Å². The maximum absolute atomic E-state index is 12.0. The molecule has 0 saturated carbocycles. The third-order valence-electron chi connectivity index (χ3n) is 2.78. The number of halogens is 1. The van der Waals surface area contributed by atoms with Crippen LogP contribution in [0, 0.1) is 0 Å². The number of rotatable bonds is 5. The zero-order valence-electron chi connectivity index (χ0n) is 10.8. The smallest absolute Gasteiger partial charge is 0.224 e. The Bertz CT molecular complexity index is 577. The van der Waals surface area contributed by atoms with Crippen LogP contribution in [-0.2, 0) is 21.0 Å². The van der Waals surface area contributed by atoms with Crippen LogP contribution < -0.4 is 5.32 Å². The van der Waals surface area contributed by atoms with E-state index in [9.17, 15) is 8.42 Å². The Morgan fingerprint density at radius 2 is 2.21 bits per heavy atom. The van der Waals surface area contributed by atoms with Gasteiger partial charge in [0.15, 0.2) is 9.84 Å². The van der Waals surface area contributed by atoms with Crippen molar-refractivity contribution in [3.8, 4) is 0 Å². The lowest BCUT2D eigenvalue weighted by molar-refractivity contribution is 0.141. The van der Waals surface area contributed by atoms with Gasteiger partial charge in [0.05, 0.1) is 18.1 Å². The molecule has 0 spiro atoms. The number of aryl methyl sites for hydroxylation is 1. The molecule has 0 saturated heterocycles. The summed E-state index contributed by atoms with van der Waals surface area (Å²) in [6, 6.07) is -0.0641. The zero-order chi connectivity index (χ0) is 14.0. The van der Waals surface area contributed by atoms with Crippen LogP contribution in [0.15, 0.2) is 4.90 Å². The zero-order valence-corrected chi connectivity index (χ0v) is 12.4. The Hall–Kier alpha value is -0.920. The summed E-state index contributed by atoms with van der Waals surface area (Å²) in [4.78, 5) is 8.16. The minimum Gasteiger partial charge on any atom is -0.380 e. The summed E-state index contributed by atoms with van der Waals surface area (Å²) in [5.74, 6) is 0.339. The number of hydrogen-bond acceptors (Lipinski definition) is 6. The molecule has 1 aromatic rings. The van der Waals surface area contributed by atoms with Crippen molar-refractivity contribution in [3.05, 3.63) is 11.0 Å². The summed E-state index contributed by atoms with van der Waals surface area (Å²) in [6.45, 7) is 4.86. The van der Waals surface area contributed by atoms with E-state index in [4.69, 9.17) is 16.3 Å². The molecular weight excluding hydrogens is 290 g/mol. The Morgan fingerprint density at radius 1 is 1.47 bits per heavy atom. The second-order valence-corrected chi connectivity index (χ2v) is 6.77. The lowest BCUT2D eigenvalue weighted by Gasteiger charge is -2.16. The summed E-state index contributed by atoms with van der Waals surface area (Å²) >= 11 is 5.82. The SMILES string of the molecule is CCOCC(C)Nc1nc(Cl)nc2c1S(=O)(=O)CC2. The number of hydrogen-bond donors (Lipinski definition) is 1. The van der Waals surface area contributed by atoms with Gasteiger partial charge in [-0.15, -0.1) is 0 Å². The van der Waals surface area contributed by atoms with Gasteiger partial charge >= 0.3 is 0 Å². The number of nitrogens with zero attached hydrogens (tertiary/aromatic N) is 2. The number of nitrogens with one attached hydrogen (secondary N) is 1.